The summed E-state index contributed by atoms with van der Waals surface area (Å²) in [5, 5.41) is 5.71. The van der Waals surface area contributed by atoms with E-state index in [1.54, 1.807) is 12.1 Å². The summed E-state index contributed by atoms with van der Waals surface area (Å²) < 4.78 is 56.0. The Bertz CT molecular complexity index is 1760. The van der Waals surface area contributed by atoms with Gasteiger partial charge in [-0.1, -0.05) is 31.4 Å². The maximum Gasteiger partial charge on any atom is 0.240 e. The molecule has 3 fully saturated rings. The van der Waals surface area contributed by atoms with Crippen LogP contribution in [0.15, 0.2) is 46.2 Å². The van der Waals surface area contributed by atoms with Crippen molar-refractivity contribution < 1.29 is 16.8 Å². The Morgan fingerprint density at radius 2 is 1.30 bits per heavy atom. The Hall–Kier alpha value is -1.32. The van der Waals surface area contributed by atoms with Gasteiger partial charge in [0.15, 0.2) is 0 Å². The minimum Gasteiger partial charge on any atom is -0.303 e. The van der Waals surface area contributed by atoms with E-state index in [-0.39, 0.29) is 41.9 Å². The van der Waals surface area contributed by atoms with Crippen LogP contribution in [0.1, 0.15) is 112 Å². The van der Waals surface area contributed by atoms with Crippen molar-refractivity contribution in [1.29, 1.82) is 0 Å². The zero-order valence-electron chi connectivity index (χ0n) is 31.6. The van der Waals surface area contributed by atoms with Gasteiger partial charge in [0, 0.05) is 44.3 Å². The summed E-state index contributed by atoms with van der Waals surface area (Å²) in [5.74, 6) is 0.627. The van der Waals surface area contributed by atoms with E-state index in [1.165, 1.54) is 62.5 Å². The van der Waals surface area contributed by atoms with Crippen LogP contribution in [-0.4, -0.2) is 102 Å². The van der Waals surface area contributed by atoms with E-state index >= 15 is 0 Å². The molecule has 5 aliphatic rings. The minimum atomic E-state index is -3.87. The first-order valence-corrected chi connectivity index (χ1v) is 22.7. The number of primary sulfonamides is 1. The van der Waals surface area contributed by atoms with Gasteiger partial charge in [0.05, 0.1) is 16.0 Å². The smallest absolute Gasteiger partial charge is 0.240 e. The fourth-order valence-corrected chi connectivity index (χ4v) is 11.7. The second kappa shape index (κ2) is 18.3. The molecule has 4 heterocycles. The average molecular weight is 814 g/mol. The van der Waals surface area contributed by atoms with Crippen LogP contribution in [-0.2, 0) is 32.9 Å². The van der Waals surface area contributed by atoms with Crippen LogP contribution in [0.25, 0.3) is 0 Å². The van der Waals surface area contributed by atoms with Gasteiger partial charge in [-0.15, -0.1) is 24.8 Å². The second-order valence-corrected chi connectivity index (χ2v) is 19.5. The summed E-state index contributed by atoms with van der Waals surface area (Å²) in [4.78, 5) is 10.5. The van der Waals surface area contributed by atoms with Crippen molar-refractivity contribution in [3.63, 3.8) is 0 Å². The number of halogens is 2. The standard InChI is InChI=1S/C39H60N6O4S2.2ClH/c1-42-22-6-10-32(42)14-17-38-36-26-34(50(40,46)47)15-12-30(36)20-25-45(38)39-37-27-35(51(48,49)41-21-18-33-11-7-23-43(33)2)16-13-31(37)19-24-44(39)28-29-8-4-3-5-9-29;;/h12-13,15-16,26-27,29,32-33,38-39,41H,3-11,14,17-25,28H2,1-2H3,(H2,40,46,47);2*1H/t32-,33-,38?,39?;;/m0../s1. The van der Waals surface area contributed by atoms with Crippen molar-refractivity contribution in [2.24, 2.45) is 11.1 Å². The van der Waals surface area contributed by atoms with Gasteiger partial charge in [-0.3, -0.25) is 9.80 Å². The number of hydrogen-bond acceptors (Lipinski definition) is 8. The lowest BCUT2D eigenvalue weighted by molar-refractivity contribution is -0.0185. The zero-order valence-corrected chi connectivity index (χ0v) is 34.9. The lowest BCUT2D eigenvalue weighted by Crippen LogP contribution is -2.50. The molecule has 0 spiro atoms. The summed E-state index contributed by atoms with van der Waals surface area (Å²) in [5.41, 5.74) is 4.54. The van der Waals surface area contributed by atoms with Crippen LogP contribution in [0.2, 0.25) is 0 Å². The third-order valence-corrected chi connectivity index (χ3v) is 15.4. The molecule has 0 bridgehead atoms. The predicted octanol–water partition coefficient (Wildman–Crippen LogP) is 5.85. The molecular formula is C39H62Cl2N6O4S2. The van der Waals surface area contributed by atoms with Gasteiger partial charge in [-0.25, -0.2) is 26.7 Å². The Morgan fingerprint density at radius 3 is 1.94 bits per heavy atom. The van der Waals surface area contributed by atoms with Gasteiger partial charge in [0.1, 0.15) is 0 Å². The Morgan fingerprint density at radius 1 is 0.698 bits per heavy atom. The normalized spacial score (nSPS) is 26.5. The van der Waals surface area contributed by atoms with Gasteiger partial charge in [0.25, 0.3) is 0 Å². The monoisotopic (exact) mass is 812 g/mol. The molecule has 10 nitrogen and oxygen atoms in total. The quantitative estimate of drug-likeness (QED) is 0.274. The van der Waals surface area contributed by atoms with Gasteiger partial charge < -0.3 is 9.80 Å². The molecule has 0 amide bonds. The summed E-state index contributed by atoms with van der Waals surface area (Å²) in [6.45, 7) is 5.35. The van der Waals surface area contributed by atoms with E-state index in [0.717, 1.165) is 82.4 Å². The molecule has 4 aliphatic heterocycles. The number of fused-ring (bicyclic) bond motifs is 2. The molecule has 2 unspecified atom stereocenters. The molecule has 0 radical (unpaired) electrons. The van der Waals surface area contributed by atoms with Crippen molar-refractivity contribution in [2.75, 3.05) is 53.4 Å². The van der Waals surface area contributed by atoms with Gasteiger partial charge >= 0.3 is 0 Å². The summed E-state index contributed by atoms with van der Waals surface area (Å²) in [6.07, 6.45) is 15.3. The first-order chi connectivity index (χ1) is 24.5. The zero-order chi connectivity index (χ0) is 35.8. The van der Waals surface area contributed by atoms with Crippen LogP contribution in [0.3, 0.4) is 0 Å². The molecule has 14 heteroatoms. The fourth-order valence-electron chi connectivity index (χ4n) is 10.0. The van der Waals surface area contributed by atoms with Crippen LogP contribution in [0.5, 0.6) is 0 Å². The molecule has 1 saturated carbocycles. The van der Waals surface area contributed by atoms with Crippen molar-refractivity contribution in [3.8, 4) is 0 Å². The van der Waals surface area contributed by atoms with E-state index in [4.69, 9.17) is 5.14 Å². The number of hydrogen-bond donors (Lipinski definition) is 2. The van der Waals surface area contributed by atoms with Crippen LogP contribution in [0, 0.1) is 5.92 Å². The average Bonchev–Trinajstić information content (AvgIpc) is 3.73. The number of benzene rings is 2. The first kappa shape index (κ1) is 42.8. The largest absolute Gasteiger partial charge is 0.303 e. The summed E-state index contributed by atoms with van der Waals surface area (Å²) in [7, 11) is -3.23. The Labute approximate surface area is 331 Å². The topological polar surface area (TPSA) is 119 Å². The molecule has 1 aliphatic carbocycles. The number of sulfonamides is 2. The van der Waals surface area contributed by atoms with Crippen LogP contribution in [0.4, 0.5) is 0 Å². The van der Waals surface area contributed by atoms with Crippen LogP contribution < -0.4 is 9.86 Å². The number of nitrogens with two attached hydrogens (primary N) is 1. The van der Waals surface area contributed by atoms with Gasteiger partial charge in [-0.05, 0) is 150 Å². The third kappa shape index (κ3) is 9.80. The predicted molar refractivity (Wildman–Crippen MR) is 217 cm³/mol. The molecule has 7 rings (SSSR count). The van der Waals surface area contributed by atoms with Crippen LogP contribution >= 0.6 is 24.8 Å². The SMILES string of the molecule is CN1CCC[C@H]1CCNS(=O)(=O)c1ccc2c(c1)C(N1CCc3ccc(S(N)(=O)=O)cc3C1CC[C@@H]1CCCN1C)N(CC1CCCCC1)CC2.Cl.Cl. The molecule has 2 aromatic carbocycles. The van der Waals surface area contributed by atoms with E-state index in [1.807, 2.05) is 18.2 Å². The highest BCUT2D eigenvalue weighted by Crippen LogP contribution is 2.45. The molecule has 2 saturated heterocycles. The number of nitrogens with one attached hydrogen (secondary N) is 1. The molecule has 298 valence electrons. The first-order valence-electron chi connectivity index (χ1n) is 19.7. The molecule has 2 aromatic rings. The second-order valence-electron chi connectivity index (χ2n) is 16.2. The fraction of sp³-hybridized carbons (Fsp3) is 0.692. The highest BCUT2D eigenvalue weighted by Gasteiger charge is 2.41. The lowest BCUT2D eigenvalue weighted by Gasteiger charge is -2.50. The highest BCUT2D eigenvalue weighted by molar-refractivity contribution is 7.89. The Kier molecular flexibility index (Phi) is 14.8. The van der Waals surface area contributed by atoms with Gasteiger partial charge in [0.2, 0.25) is 20.0 Å². The highest BCUT2D eigenvalue weighted by atomic mass is 35.5. The van der Waals surface area contributed by atoms with Crippen molar-refractivity contribution in [3.05, 3.63) is 58.7 Å². The van der Waals surface area contributed by atoms with E-state index in [0.29, 0.717) is 29.4 Å². The lowest BCUT2D eigenvalue weighted by atomic mass is 9.85. The molecule has 53 heavy (non-hydrogen) atoms. The molecular weight excluding hydrogens is 752 g/mol. The number of rotatable bonds is 12. The molecule has 0 aromatic heterocycles. The summed E-state index contributed by atoms with van der Waals surface area (Å²) >= 11 is 0. The Balaban J connectivity index is 0.00000271. The van der Waals surface area contributed by atoms with E-state index in [2.05, 4.69) is 44.5 Å². The summed E-state index contributed by atoms with van der Waals surface area (Å²) in [6, 6.07) is 12.2. The van der Waals surface area contributed by atoms with Gasteiger partial charge in [-0.2, -0.15) is 0 Å². The number of nitrogens with zero attached hydrogens (tertiary/aromatic N) is 4. The number of likely N-dealkylation sites (tertiary alicyclic amines) is 2. The van der Waals surface area contributed by atoms with E-state index < -0.39 is 20.0 Å². The van der Waals surface area contributed by atoms with E-state index in [9.17, 15) is 16.8 Å². The van der Waals surface area contributed by atoms with Crippen molar-refractivity contribution in [2.45, 2.75) is 124 Å². The maximum atomic E-state index is 13.9. The van der Waals surface area contributed by atoms with Crippen molar-refractivity contribution >= 4 is 44.9 Å². The minimum absolute atomic E-state index is 0. The molecule has 4 atom stereocenters. The third-order valence-electron chi connectivity index (χ3n) is 13.0. The molecule has 3 N–H and O–H groups in total. The van der Waals surface area contributed by atoms with Crippen molar-refractivity contribution in [1.82, 2.24) is 24.3 Å². The maximum absolute atomic E-state index is 13.9.